The number of pyridine rings is 1. The van der Waals surface area contributed by atoms with Gasteiger partial charge in [0.2, 0.25) is 11.8 Å². The number of rotatable bonds is 9. The summed E-state index contributed by atoms with van der Waals surface area (Å²) in [5.74, 6) is 0.922. The molecule has 5 saturated carbocycles. The molecule has 5 aliphatic carbocycles. The number of aliphatic hydroxyl groups excluding tert-OH is 1. The van der Waals surface area contributed by atoms with Gasteiger partial charge >= 0.3 is 0 Å². The predicted molar refractivity (Wildman–Crippen MR) is 157 cm³/mol. The third-order valence-electron chi connectivity index (χ3n) is 11.4. The van der Waals surface area contributed by atoms with Crippen molar-refractivity contribution >= 4 is 17.5 Å². The molecule has 3 N–H and O–H groups in total. The number of nitrogens with zero attached hydrogens (tertiary/aromatic N) is 2. The molecule has 42 heavy (non-hydrogen) atoms. The van der Waals surface area contributed by atoms with E-state index in [1.54, 1.807) is 12.3 Å². The molecule has 6 aliphatic rings. The lowest BCUT2D eigenvalue weighted by Crippen LogP contribution is -2.52. The first-order chi connectivity index (χ1) is 20.2. The average Bonchev–Trinajstić information content (AvgIpc) is 3.75. The summed E-state index contributed by atoms with van der Waals surface area (Å²) in [6.07, 6.45) is 11.9. The van der Waals surface area contributed by atoms with E-state index in [1.165, 1.54) is 25.5 Å². The molecular formula is C33H44N4O5. The number of hydrogen-bond donors (Lipinski definition) is 3. The summed E-state index contributed by atoms with van der Waals surface area (Å²) in [5, 5.41) is 21.2. The van der Waals surface area contributed by atoms with Crippen molar-refractivity contribution < 1.29 is 24.3 Å². The van der Waals surface area contributed by atoms with E-state index in [4.69, 9.17) is 9.57 Å². The zero-order chi connectivity index (χ0) is 29.3. The van der Waals surface area contributed by atoms with Gasteiger partial charge in [-0.1, -0.05) is 23.7 Å². The van der Waals surface area contributed by atoms with Gasteiger partial charge in [-0.3, -0.25) is 9.59 Å². The maximum absolute atomic E-state index is 14.0. The summed E-state index contributed by atoms with van der Waals surface area (Å²) in [6, 6.07) is 1.63. The molecule has 226 valence electrons. The smallest absolute Gasteiger partial charge is 0.257 e. The van der Waals surface area contributed by atoms with Crippen molar-refractivity contribution in [1.82, 2.24) is 15.6 Å². The highest BCUT2D eigenvalue weighted by Crippen LogP contribution is 2.55. The Kier molecular flexibility index (Phi) is 6.87. The molecule has 5 fully saturated rings. The predicted octanol–water partition coefficient (Wildman–Crippen LogP) is 4.00. The van der Waals surface area contributed by atoms with E-state index in [1.807, 2.05) is 6.92 Å². The van der Waals surface area contributed by atoms with Gasteiger partial charge in [0, 0.05) is 35.7 Å². The van der Waals surface area contributed by atoms with E-state index >= 15 is 0 Å². The number of methoxy groups -OCH3 is 1. The van der Waals surface area contributed by atoms with Gasteiger partial charge in [0.25, 0.3) is 5.91 Å². The van der Waals surface area contributed by atoms with Crippen molar-refractivity contribution in [2.24, 2.45) is 46.1 Å². The zero-order valence-corrected chi connectivity index (χ0v) is 25.1. The van der Waals surface area contributed by atoms with Crippen LogP contribution in [0.3, 0.4) is 0 Å². The minimum atomic E-state index is -0.406. The highest BCUT2D eigenvalue weighted by Gasteiger charge is 2.56. The number of aliphatic hydroxyl groups is 1. The number of carbonyl (C=O) groups is 2. The van der Waals surface area contributed by atoms with Crippen molar-refractivity contribution in [2.75, 3.05) is 7.11 Å². The van der Waals surface area contributed by atoms with Gasteiger partial charge in [-0.15, -0.1) is 0 Å². The highest BCUT2D eigenvalue weighted by molar-refractivity contribution is 6.06. The summed E-state index contributed by atoms with van der Waals surface area (Å²) >= 11 is 0. The second-order valence-corrected chi connectivity index (χ2v) is 14.2. The zero-order valence-electron chi connectivity index (χ0n) is 25.1. The number of ether oxygens (including phenoxy) is 1. The van der Waals surface area contributed by atoms with Crippen LogP contribution in [0.25, 0.3) is 0 Å². The maximum atomic E-state index is 14.0. The molecule has 2 bridgehead atoms. The molecule has 1 aliphatic heterocycles. The topological polar surface area (TPSA) is 122 Å². The maximum Gasteiger partial charge on any atom is 0.257 e. The lowest BCUT2D eigenvalue weighted by Gasteiger charge is -2.32. The second kappa shape index (κ2) is 10.4. The first-order valence-corrected chi connectivity index (χ1v) is 16.0. The number of aromatic nitrogens is 1. The number of oxime groups is 1. The Morgan fingerprint density at radius 1 is 1.14 bits per heavy atom. The summed E-state index contributed by atoms with van der Waals surface area (Å²) in [5.41, 5.74) is 3.38. The molecule has 9 heteroatoms. The monoisotopic (exact) mass is 576 g/mol. The lowest BCUT2D eigenvalue weighted by atomic mass is 9.83. The van der Waals surface area contributed by atoms with Crippen LogP contribution in [0.5, 0.6) is 5.88 Å². The Balaban J connectivity index is 1.14. The highest BCUT2D eigenvalue weighted by atomic mass is 16.6. The summed E-state index contributed by atoms with van der Waals surface area (Å²) in [4.78, 5) is 38.1. The summed E-state index contributed by atoms with van der Waals surface area (Å²) in [7, 11) is 1.51. The number of allylic oxidation sites excluding steroid dienone is 1. The van der Waals surface area contributed by atoms with Gasteiger partial charge < -0.3 is 25.3 Å². The van der Waals surface area contributed by atoms with Gasteiger partial charge in [-0.25, -0.2) is 4.98 Å². The Hall–Kier alpha value is -2.94. The minimum Gasteiger partial charge on any atom is -0.480 e. The van der Waals surface area contributed by atoms with Gasteiger partial charge in [0.05, 0.1) is 24.8 Å². The standard InChI is InChI=1S/C33H44N4O5/c1-16(38)19-12-24-26(14-19)42-37-28(24)20-13-25(32(41-4)34-15-20)30(39)36-29-22-8-7-21(23(22)11-18-5-6-18)27(29)31(40)35-17(2)33(3)9-10-33/h11,13,15-19,21-22,24,26-27,29,38H,5-10,12,14H2,1-4H3,(H,35,40)(H,36,39)/b23-11-/t16?,17-,19?,21+,22-,24?,26?,27+,29-/m1/s1. The number of amides is 2. The number of hydrogen-bond acceptors (Lipinski definition) is 7. The fraction of sp³-hybridized carbons (Fsp3) is 0.697. The molecule has 1 aromatic rings. The Labute approximate surface area is 247 Å². The molecule has 2 heterocycles. The Bertz CT molecular complexity index is 1330. The van der Waals surface area contributed by atoms with E-state index < -0.39 is 6.10 Å². The van der Waals surface area contributed by atoms with Crippen LogP contribution < -0.4 is 15.4 Å². The molecule has 0 aromatic carbocycles. The summed E-state index contributed by atoms with van der Waals surface area (Å²) in [6.45, 7) is 6.17. The fourth-order valence-electron chi connectivity index (χ4n) is 8.11. The van der Waals surface area contributed by atoms with E-state index in [2.05, 4.69) is 40.7 Å². The Morgan fingerprint density at radius 2 is 1.90 bits per heavy atom. The normalized spacial score (nSPS) is 36.2. The molecule has 9 nitrogen and oxygen atoms in total. The quantitative estimate of drug-likeness (QED) is 0.382. The molecule has 7 rings (SSSR count). The second-order valence-electron chi connectivity index (χ2n) is 14.2. The molecule has 2 amide bonds. The molecule has 1 aromatic heterocycles. The lowest BCUT2D eigenvalue weighted by molar-refractivity contribution is -0.128. The molecule has 4 unspecified atom stereocenters. The van der Waals surface area contributed by atoms with Crippen molar-refractivity contribution in [3.05, 3.63) is 35.0 Å². The van der Waals surface area contributed by atoms with Crippen molar-refractivity contribution in [3.63, 3.8) is 0 Å². The van der Waals surface area contributed by atoms with Crippen LogP contribution in [-0.4, -0.2) is 59.0 Å². The molecule has 0 radical (unpaired) electrons. The Morgan fingerprint density at radius 3 is 2.60 bits per heavy atom. The van der Waals surface area contributed by atoms with Crippen LogP contribution in [0.2, 0.25) is 0 Å². The van der Waals surface area contributed by atoms with Crippen LogP contribution >= 0.6 is 0 Å². The van der Waals surface area contributed by atoms with Gasteiger partial charge in [0.1, 0.15) is 11.7 Å². The van der Waals surface area contributed by atoms with Crippen LogP contribution in [0.15, 0.2) is 29.1 Å². The minimum absolute atomic E-state index is 0.0554. The molecule has 0 spiro atoms. The van der Waals surface area contributed by atoms with E-state index in [0.29, 0.717) is 11.5 Å². The number of fused-ring (bicyclic) bond motifs is 3. The number of nitrogens with one attached hydrogen (secondary N) is 2. The van der Waals surface area contributed by atoms with Gasteiger partial charge in [0.15, 0.2) is 0 Å². The average molecular weight is 577 g/mol. The van der Waals surface area contributed by atoms with Crippen LogP contribution in [0.4, 0.5) is 0 Å². The van der Waals surface area contributed by atoms with E-state index in [-0.39, 0.29) is 70.9 Å². The number of carbonyl (C=O) groups excluding carboxylic acids is 2. The summed E-state index contributed by atoms with van der Waals surface area (Å²) < 4.78 is 5.53. The SMILES string of the molecule is COc1ncc(C2=NOC3CC(C(C)O)CC23)cc1C(=O)N[C@H]1[C@@H](C(=O)N[C@H](C)C2(C)CC2)[C@H]2CC[C@@H]1/C2=C\C1CC1. The molecule has 0 saturated heterocycles. The van der Waals surface area contributed by atoms with Crippen molar-refractivity contribution in [3.8, 4) is 5.88 Å². The van der Waals surface area contributed by atoms with Crippen molar-refractivity contribution in [2.45, 2.75) is 96.4 Å². The van der Waals surface area contributed by atoms with Crippen molar-refractivity contribution in [1.29, 1.82) is 0 Å². The largest absolute Gasteiger partial charge is 0.480 e. The van der Waals surface area contributed by atoms with Crippen LogP contribution in [0, 0.1) is 40.9 Å². The van der Waals surface area contributed by atoms with Gasteiger partial charge in [-0.05, 0) is 94.4 Å². The first-order valence-electron chi connectivity index (χ1n) is 16.0. The van der Waals surface area contributed by atoms with Crippen LogP contribution in [-0.2, 0) is 9.63 Å². The third kappa shape index (κ3) is 4.81. The fourth-order valence-corrected chi connectivity index (χ4v) is 8.11. The van der Waals surface area contributed by atoms with E-state index in [0.717, 1.165) is 49.8 Å². The molecular weight excluding hydrogens is 532 g/mol. The van der Waals surface area contributed by atoms with Gasteiger partial charge in [-0.2, -0.15) is 0 Å². The first kappa shape index (κ1) is 27.9. The molecule has 9 atom stereocenters. The van der Waals surface area contributed by atoms with E-state index in [9.17, 15) is 14.7 Å². The third-order valence-corrected chi connectivity index (χ3v) is 11.4. The van der Waals surface area contributed by atoms with Crippen LogP contribution in [0.1, 0.15) is 88.1 Å².